The predicted molar refractivity (Wildman–Crippen MR) is 115 cm³/mol. The number of nitriles is 1. The topological polar surface area (TPSA) is 73.4 Å². The molecule has 2 atom stereocenters. The maximum Gasteiger partial charge on any atom is 0.162 e. The Morgan fingerprint density at radius 1 is 1.21 bits per heavy atom. The normalized spacial score (nSPS) is 22.2. The van der Waals surface area contributed by atoms with E-state index < -0.39 is 0 Å². The molecule has 2 aromatic rings. The first-order valence-electron chi connectivity index (χ1n) is 9.66. The Morgan fingerprint density at radius 2 is 1.93 bits per heavy atom. The molecule has 5 nitrogen and oxygen atoms in total. The molecule has 6 heteroatoms. The molecule has 1 aliphatic carbocycles. The lowest BCUT2D eigenvalue weighted by Gasteiger charge is -2.43. The Kier molecular flexibility index (Phi) is 5.03. The van der Waals surface area contributed by atoms with Crippen molar-refractivity contribution < 1.29 is 4.79 Å². The van der Waals surface area contributed by atoms with Gasteiger partial charge in [-0.15, -0.1) is 11.3 Å². The third kappa shape index (κ3) is 3.17. The van der Waals surface area contributed by atoms with Crippen molar-refractivity contribution in [2.24, 2.45) is 5.73 Å². The third-order valence-corrected chi connectivity index (χ3v) is 6.86. The summed E-state index contributed by atoms with van der Waals surface area (Å²) in [6, 6.07) is 14.5. The first kappa shape index (κ1) is 19.4. The van der Waals surface area contributed by atoms with E-state index in [1.807, 2.05) is 60.7 Å². The van der Waals surface area contributed by atoms with Gasteiger partial charge in [0.25, 0.3) is 0 Å². The lowest BCUT2D eigenvalue weighted by atomic mass is 9.73. The van der Waals surface area contributed by atoms with Crippen LogP contribution in [0.2, 0.25) is 0 Å². The zero-order valence-electron chi connectivity index (χ0n) is 16.8. The van der Waals surface area contributed by atoms with Crippen LogP contribution in [0.1, 0.15) is 40.7 Å². The molecule has 0 fully saturated rings. The maximum absolute atomic E-state index is 13.5. The van der Waals surface area contributed by atoms with Crippen molar-refractivity contribution in [2.75, 3.05) is 14.1 Å². The summed E-state index contributed by atoms with van der Waals surface area (Å²) in [5.41, 5.74) is 10.9. The number of rotatable bonds is 3. The second kappa shape index (κ2) is 7.51. The minimum absolute atomic E-state index is 0.102. The number of hydrogen-bond donors (Lipinski definition) is 1. The number of hydrazine groups is 1. The standard InChI is InChI=1S/C23H24N4OS/c1-14-9-10-29-22(14)20-17(13-24)23(25)27(26(2)3)18-11-16(12-19(28)21(18)20)15-7-5-4-6-8-15/h4-10,16,20H,11-12,25H2,1-3H3/t16-,20+/m0/s1. The fourth-order valence-electron chi connectivity index (χ4n) is 4.47. The lowest BCUT2D eigenvalue weighted by Crippen LogP contribution is -2.46. The van der Waals surface area contributed by atoms with E-state index in [2.05, 4.69) is 18.2 Å². The average Bonchev–Trinajstić information content (AvgIpc) is 3.12. The quantitative estimate of drug-likeness (QED) is 0.836. The minimum Gasteiger partial charge on any atom is -0.383 e. The number of Topliss-reactive ketones (excluding diaryl/α,β-unsaturated/α-hetero) is 1. The number of nitrogens with two attached hydrogens (primary N) is 1. The number of ketones is 1. The number of carbonyl (C=O) groups excluding carboxylic acids is 1. The molecule has 4 rings (SSSR count). The second-order valence-corrected chi connectivity index (χ2v) is 8.72. The van der Waals surface area contributed by atoms with E-state index in [1.54, 1.807) is 11.3 Å². The smallest absolute Gasteiger partial charge is 0.162 e. The Balaban J connectivity index is 1.90. The molecule has 148 valence electrons. The van der Waals surface area contributed by atoms with Crippen molar-refractivity contribution in [3.05, 3.63) is 80.4 Å². The Bertz CT molecular complexity index is 1060. The van der Waals surface area contributed by atoms with Crippen molar-refractivity contribution in [3.8, 4) is 6.07 Å². The van der Waals surface area contributed by atoms with Gasteiger partial charge in [0.1, 0.15) is 5.82 Å². The van der Waals surface area contributed by atoms with Crippen LogP contribution in [0.25, 0.3) is 0 Å². The first-order valence-corrected chi connectivity index (χ1v) is 10.5. The van der Waals surface area contributed by atoms with Gasteiger partial charge in [0.2, 0.25) is 0 Å². The molecule has 0 spiro atoms. The van der Waals surface area contributed by atoms with Crippen LogP contribution in [0, 0.1) is 18.3 Å². The zero-order valence-corrected chi connectivity index (χ0v) is 17.7. The van der Waals surface area contributed by atoms with E-state index in [0.29, 0.717) is 24.2 Å². The SMILES string of the molecule is Cc1ccsc1[C@@H]1C(C#N)=C(N)N(N(C)C)C2=C1C(=O)C[C@@H](c1ccccc1)C2. The molecule has 0 amide bonds. The van der Waals surface area contributed by atoms with Crippen LogP contribution in [0.5, 0.6) is 0 Å². The van der Waals surface area contributed by atoms with E-state index in [-0.39, 0.29) is 17.6 Å². The molecule has 2 N–H and O–H groups in total. The van der Waals surface area contributed by atoms with Crippen LogP contribution < -0.4 is 5.73 Å². The summed E-state index contributed by atoms with van der Waals surface area (Å²) in [7, 11) is 3.78. The van der Waals surface area contributed by atoms with Gasteiger partial charge in [0.15, 0.2) is 5.78 Å². The van der Waals surface area contributed by atoms with Gasteiger partial charge in [-0.3, -0.25) is 9.80 Å². The summed E-state index contributed by atoms with van der Waals surface area (Å²) >= 11 is 1.58. The molecule has 0 radical (unpaired) electrons. The molecule has 1 aromatic carbocycles. The maximum atomic E-state index is 13.5. The first-order chi connectivity index (χ1) is 13.9. The number of aryl methyl sites for hydroxylation is 1. The molecule has 0 bridgehead atoms. The highest BCUT2D eigenvalue weighted by atomic mass is 32.1. The Morgan fingerprint density at radius 3 is 2.52 bits per heavy atom. The van der Waals surface area contributed by atoms with Gasteiger partial charge in [0, 0.05) is 36.7 Å². The third-order valence-electron chi connectivity index (χ3n) is 5.78. The molecule has 0 saturated carbocycles. The largest absolute Gasteiger partial charge is 0.383 e. The number of allylic oxidation sites excluding steroid dienone is 3. The number of benzene rings is 1. The summed E-state index contributed by atoms with van der Waals surface area (Å²) in [5.74, 6) is 0.238. The van der Waals surface area contributed by atoms with Gasteiger partial charge in [0.05, 0.1) is 17.6 Å². The number of nitrogens with zero attached hydrogens (tertiary/aromatic N) is 3. The van der Waals surface area contributed by atoms with Gasteiger partial charge in [-0.2, -0.15) is 5.26 Å². The molecule has 1 aliphatic heterocycles. The van der Waals surface area contributed by atoms with Crippen LogP contribution >= 0.6 is 11.3 Å². The second-order valence-electron chi connectivity index (χ2n) is 7.77. The Hall–Kier alpha value is -2.88. The predicted octanol–water partition coefficient (Wildman–Crippen LogP) is 4.03. The summed E-state index contributed by atoms with van der Waals surface area (Å²) in [6.07, 6.45) is 1.16. The monoisotopic (exact) mass is 404 g/mol. The van der Waals surface area contributed by atoms with Crippen molar-refractivity contribution in [1.82, 2.24) is 10.0 Å². The summed E-state index contributed by atoms with van der Waals surface area (Å²) < 4.78 is 0. The number of hydrogen-bond acceptors (Lipinski definition) is 6. The highest BCUT2D eigenvalue weighted by molar-refractivity contribution is 7.10. The van der Waals surface area contributed by atoms with Crippen LogP contribution in [0.15, 0.2) is 64.4 Å². The summed E-state index contributed by atoms with van der Waals surface area (Å²) in [6.45, 7) is 2.02. The molecular formula is C23H24N4OS. The van der Waals surface area contributed by atoms with Crippen molar-refractivity contribution in [3.63, 3.8) is 0 Å². The van der Waals surface area contributed by atoms with E-state index in [0.717, 1.165) is 27.3 Å². The fourth-order valence-corrected chi connectivity index (χ4v) is 5.52. The minimum atomic E-state index is -0.379. The molecule has 0 saturated heterocycles. The number of thiophene rings is 1. The van der Waals surface area contributed by atoms with E-state index in [4.69, 9.17) is 5.73 Å². The highest BCUT2D eigenvalue weighted by Crippen LogP contribution is 2.49. The van der Waals surface area contributed by atoms with Crippen LogP contribution in [0.4, 0.5) is 0 Å². The van der Waals surface area contributed by atoms with Gasteiger partial charge in [-0.1, -0.05) is 30.3 Å². The molecule has 2 heterocycles. The van der Waals surface area contributed by atoms with E-state index >= 15 is 0 Å². The fraction of sp³-hybridized carbons (Fsp3) is 0.304. The van der Waals surface area contributed by atoms with Gasteiger partial charge in [-0.05, 0) is 41.8 Å². The van der Waals surface area contributed by atoms with Crippen molar-refractivity contribution >= 4 is 17.1 Å². The van der Waals surface area contributed by atoms with Gasteiger partial charge < -0.3 is 5.73 Å². The van der Waals surface area contributed by atoms with Crippen LogP contribution in [-0.2, 0) is 4.79 Å². The highest BCUT2D eigenvalue weighted by Gasteiger charge is 2.43. The molecule has 29 heavy (non-hydrogen) atoms. The molecule has 2 aliphatic rings. The van der Waals surface area contributed by atoms with E-state index in [9.17, 15) is 10.1 Å². The van der Waals surface area contributed by atoms with Crippen LogP contribution in [-0.4, -0.2) is 29.9 Å². The Labute approximate surface area is 175 Å². The van der Waals surface area contributed by atoms with Crippen molar-refractivity contribution in [2.45, 2.75) is 31.6 Å². The number of carbonyl (C=O) groups is 1. The molecule has 1 aromatic heterocycles. The summed E-state index contributed by atoms with van der Waals surface area (Å²) in [4.78, 5) is 14.5. The van der Waals surface area contributed by atoms with Gasteiger partial charge in [-0.25, -0.2) is 5.01 Å². The van der Waals surface area contributed by atoms with Crippen molar-refractivity contribution in [1.29, 1.82) is 5.26 Å². The molecule has 0 unspecified atom stereocenters. The zero-order chi connectivity index (χ0) is 20.7. The average molecular weight is 405 g/mol. The lowest BCUT2D eigenvalue weighted by molar-refractivity contribution is -0.117. The summed E-state index contributed by atoms with van der Waals surface area (Å²) in [5, 5.41) is 15.7. The van der Waals surface area contributed by atoms with Crippen LogP contribution in [0.3, 0.4) is 0 Å². The molecular weight excluding hydrogens is 380 g/mol. The van der Waals surface area contributed by atoms with Gasteiger partial charge >= 0.3 is 0 Å². The van der Waals surface area contributed by atoms with E-state index in [1.165, 1.54) is 0 Å².